The van der Waals surface area contributed by atoms with E-state index in [1.54, 1.807) is 0 Å². The minimum absolute atomic E-state index is 0.511. The van der Waals surface area contributed by atoms with E-state index in [0.717, 1.165) is 24.3 Å². The smallest absolute Gasteiger partial charge is 0.0363 e. The Hall–Kier alpha value is 0.140. The van der Waals surface area contributed by atoms with E-state index in [4.69, 9.17) is 0 Å². The van der Waals surface area contributed by atoms with Crippen molar-refractivity contribution in [2.75, 3.05) is 6.54 Å². The standard InChI is InChI=1S/C17H23Br2N/c1-2-7-20-17(14-9-11-3-4-12(14)8-11)15-10-13(18)5-6-16(15)19/h5-6,10-12,14,17,20H,2-4,7-9H2,1H3. The maximum Gasteiger partial charge on any atom is 0.0363 e. The lowest BCUT2D eigenvalue weighted by Gasteiger charge is -2.32. The van der Waals surface area contributed by atoms with Crippen LogP contribution in [0.2, 0.25) is 0 Å². The molecular formula is C17H23Br2N. The van der Waals surface area contributed by atoms with E-state index in [0.29, 0.717) is 6.04 Å². The van der Waals surface area contributed by atoms with Crippen LogP contribution in [0.15, 0.2) is 27.1 Å². The van der Waals surface area contributed by atoms with Crippen LogP contribution in [0, 0.1) is 17.8 Å². The minimum atomic E-state index is 0.511. The fraction of sp³-hybridized carbons (Fsp3) is 0.647. The van der Waals surface area contributed by atoms with E-state index in [9.17, 15) is 0 Å². The second kappa shape index (κ2) is 6.50. The zero-order valence-electron chi connectivity index (χ0n) is 12.0. The Bertz CT molecular complexity index is 474. The summed E-state index contributed by atoms with van der Waals surface area (Å²) < 4.78 is 2.43. The molecule has 1 nitrogen and oxygen atoms in total. The summed E-state index contributed by atoms with van der Waals surface area (Å²) in [5, 5.41) is 3.83. The van der Waals surface area contributed by atoms with Crippen molar-refractivity contribution in [3.05, 3.63) is 32.7 Å². The zero-order valence-corrected chi connectivity index (χ0v) is 15.2. The van der Waals surface area contributed by atoms with Gasteiger partial charge in [0.15, 0.2) is 0 Å². The molecule has 4 unspecified atom stereocenters. The minimum Gasteiger partial charge on any atom is -0.310 e. The van der Waals surface area contributed by atoms with Crippen molar-refractivity contribution in [3.63, 3.8) is 0 Å². The Morgan fingerprint density at radius 2 is 2.10 bits per heavy atom. The van der Waals surface area contributed by atoms with Crippen LogP contribution in [0.5, 0.6) is 0 Å². The van der Waals surface area contributed by atoms with Gasteiger partial charge < -0.3 is 5.32 Å². The maximum atomic E-state index is 3.83. The highest BCUT2D eigenvalue weighted by atomic mass is 79.9. The molecule has 3 rings (SSSR count). The first kappa shape index (κ1) is 15.1. The van der Waals surface area contributed by atoms with E-state index in [1.807, 2.05) is 0 Å². The van der Waals surface area contributed by atoms with Gasteiger partial charge in [0, 0.05) is 15.0 Å². The second-order valence-corrected chi connectivity index (χ2v) is 8.21. The first-order valence-corrected chi connectivity index (χ1v) is 9.46. The highest BCUT2D eigenvalue weighted by molar-refractivity contribution is 9.11. The van der Waals surface area contributed by atoms with E-state index < -0.39 is 0 Å². The van der Waals surface area contributed by atoms with Crippen molar-refractivity contribution in [1.29, 1.82) is 0 Å². The average Bonchev–Trinajstić information content (AvgIpc) is 3.05. The highest BCUT2D eigenvalue weighted by Gasteiger charge is 2.43. The van der Waals surface area contributed by atoms with Gasteiger partial charge in [-0.1, -0.05) is 45.2 Å². The maximum absolute atomic E-state index is 3.83. The Labute approximate surface area is 139 Å². The van der Waals surface area contributed by atoms with Gasteiger partial charge in [-0.2, -0.15) is 0 Å². The van der Waals surface area contributed by atoms with E-state index in [-0.39, 0.29) is 0 Å². The van der Waals surface area contributed by atoms with E-state index >= 15 is 0 Å². The zero-order chi connectivity index (χ0) is 14.1. The summed E-state index contributed by atoms with van der Waals surface area (Å²) in [6.07, 6.45) is 7.01. The summed E-state index contributed by atoms with van der Waals surface area (Å²) in [7, 11) is 0. The third-order valence-corrected chi connectivity index (χ3v) is 6.34. The van der Waals surface area contributed by atoms with Crippen LogP contribution >= 0.6 is 31.9 Å². The molecule has 2 saturated carbocycles. The molecule has 1 aromatic carbocycles. The molecular weight excluding hydrogens is 378 g/mol. The van der Waals surface area contributed by atoms with Crippen molar-refractivity contribution in [1.82, 2.24) is 5.32 Å². The molecule has 1 N–H and O–H groups in total. The third-order valence-electron chi connectivity index (χ3n) is 5.13. The molecule has 0 heterocycles. The molecule has 1 aromatic rings. The van der Waals surface area contributed by atoms with Gasteiger partial charge in [0.05, 0.1) is 0 Å². The Kier molecular flexibility index (Phi) is 4.89. The molecule has 20 heavy (non-hydrogen) atoms. The molecule has 0 aromatic heterocycles. The first-order chi connectivity index (χ1) is 9.69. The lowest BCUT2D eigenvalue weighted by molar-refractivity contribution is 0.250. The molecule has 0 aliphatic heterocycles. The number of hydrogen-bond donors (Lipinski definition) is 1. The summed E-state index contributed by atoms with van der Waals surface area (Å²) in [4.78, 5) is 0. The Morgan fingerprint density at radius 3 is 2.75 bits per heavy atom. The van der Waals surface area contributed by atoms with Crippen LogP contribution in [-0.4, -0.2) is 6.54 Å². The largest absolute Gasteiger partial charge is 0.310 e. The SMILES string of the molecule is CCCNC(c1cc(Br)ccc1Br)C1CC2CCC1C2. The van der Waals surface area contributed by atoms with Gasteiger partial charge in [0.1, 0.15) is 0 Å². The first-order valence-electron chi connectivity index (χ1n) is 7.87. The normalized spacial score (nSPS) is 29.9. The molecule has 3 heteroatoms. The molecule has 0 saturated heterocycles. The fourth-order valence-corrected chi connectivity index (χ4v) is 5.12. The van der Waals surface area contributed by atoms with Crippen LogP contribution in [-0.2, 0) is 0 Å². The van der Waals surface area contributed by atoms with Gasteiger partial charge in [0.25, 0.3) is 0 Å². The van der Waals surface area contributed by atoms with Gasteiger partial charge in [-0.3, -0.25) is 0 Å². The van der Waals surface area contributed by atoms with Crippen molar-refractivity contribution >= 4 is 31.9 Å². The summed E-state index contributed by atoms with van der Waals surface area (Å²) in [5.41, 5.74) is 1.44. The van der Waals surface area contributed by atoms with Crippen molar-refractivity contribution in [2.45, 2.75) is 45.1 Å². The average molecular weight is 401 g/mol. The molecule has 0 spiro atoms. The molecule has 4 atom stereocenters. The van der Waals surface area contributed by atoms with Gasteiger partial charge in [-0.05, 0) is 73.7 Å². The monoisotopic (exact) mass is 399 g/mol. The lowest BCUT2D eigenvalue weighted by Crippen LogP contribution is -2.32. The number of fused-ring (bicyclic) bond motifs is 2. The third kappa shape index (κ3) is 3.00. The molecule has 110 valence electrons. The van der Waals surface area contributed by atoms with Crippen molar-refractivity contribution in [2.24, 2.45) is 17.8 Å². The van der Waals surface area contributed by atoms with Crippen molar-refractivity contribution in [3.8, 4) is 0 Å². The number of benzene rings is 1. The lowest BCUT2D eigenvalue weighted by atomic mass is 9.80. The van der Waals surface area contributed by atoms with Crippen LogP contribution in [0.4, 0.5) is 0 Å². The van der Waals surface area contributed by atoms with E-state index in [2.05, 4.69) is 62.3 Å². The molecule has 0 amide bonds. The van der Waals surface area contributed by atoms with Crippen LogP contribution in [0.3, 0.4) is 0 Å². The van der Waals surface area contributed by atoms with Crippen molar-refractivity contribution < 1.29 is 0 Å². The van der Waals surface area contributed by atoms with E-state index in [1.165, 1.54) is 46.6 Å². The summed E-state index contributed by atoms with van der Waals surface area (Å²) in [5.74, 6) is 2.77. The molecule has 2 aliphatic rings. The highest BCUT2D eigenvalue weighted by Crippen LogP contribution is 2.53. The molecule has 2 fully saturated rings. The molecule has 2 aliphatic carbocycles. The van der Waals surface area contributed by atoms with Gasteiger partial charge in [-0.15, -0.1) is 0 Å². The van der Waals surface area contributed by atoms with Gasteiger partial charge >= 0.3 is 0 Å². The predicted octanol–water partition coefficient (Wildman–Crippen LogP) is 5.69. The van der Waals surface area contributed by atoms with Gasteiger partial charge in [-0.25, -0.2) is 0 Å². The summed E-state index contributed by atoms with van der Waals surface area (Å²) in [6.45, 7) is 3.36. The number of halogens is 2. The quantitative estimate of drug-likeness (QED) is 0.669. The van der Waals surface area contributed by atoms with Gasteiger partial charge in [0.2, 0.25) is 0 Å². The Morgan fingerprint density at radius 1 is 1.25 bits per heavy atom. The summed E-state index contributed by atoms with van der Waals surface area (Å²) >= 11 is 7.40. The van der Waals surface area contributed by atoms with Crippen LogP contribution in [0.25, 0.3) is 0 Å². The van der Waals surface area contributed by atoms with Crippen LogP contribution in [0.1, 0.15) is 50.6 Å². The fourth-order valence-electron chi connectivity index (χ4n) is 4.25. The van der Waals surface area contributed by atoms with Crippen LogP contribution < -0.4 is 5.32 Å². The predicted molar refractivity (Wildman–Crippen MR) is 91.8 cm³/mol. The number of hydrogen-bond acceptors (Lipinski definition) is 1. The second-order valence-electron chi connectivity index (χ2n) is 6.44. The molecule has 0 radical (unpaired) electrons. The Balaban J connectivity index is 1.87. The number of rotatable bonds is 5. The molecule has 2 bridgehead atoms. The topological polar surface area (TPSA) is 12.0 Å². The summed E-state index contributed by atoms with van der Waals surface area (Å²) in [6, 6.07) is 7.10. The number of nitrogens with one attached hydrogen (secondary N) is 1.